The van der Waals surface area contributed by atoms with Crippen LogP contribution >= 0.6 is 11.3 Å². The molecule has 0 aliphatic carbocycles. The standard InChI is InChI=1S/C25H26N2O7S/c1-14-15(2)35-24(22(14)25(30)33-5)27-23(29)16-6-11-19(20(12-16)32-4)34-13-21(28)26-17-7-9-18(31-3)10-8-17/h6-12H,13H2,1-5H3,(H,26,28)(H,27,29). The molecule has 3 aromatic rings. The van der Waals surface area contributed by atoms with Crippen LogP contribution in [0.15, 0.2) is 42.5 Å². The molecule has 10 heteroatoms. The van der Waals surface area contributed by atoms with Crippen molar-refractivity contribution in [3.05, 3.63) is 64.0 Å². The third-order valence-corrected chi connectivity index (χ3v) is 6.28. The zero-order chi connectivity index (χ0) is 25.5. The maximum atomic E-state index is 12.9. The molecule has 2 N–H and O–H groups in total. The number of benzene rings is 2. The van der Waals surface area contributed by atoms with Crippen LogP contribution in [-0.4, -0.2) is 45.7 Å². The van der Waals surface area contributed by atoms with Crippen molar-refractivity contribution in [3.63, 3.8) is 0 Å². The number of hydrogen-bond acceptors (Lipinski definition) is 8. The Kier molecular flexibility index (Phi) is 8.32. The van der Waals surface area contributed by atoms with Crippen LogP contribution in [0.4, 0.5) is 10.7 Å². The van der Waals surface area contributed by atoms with Gasteiger partial charge < -0.3 is 29.6 Å². The minimum Gasteiger partial charge on any atom is -0.497 e. The number of nitrogens with one attached hydrogen (secondary N) is 2. The summed E-state index contributed by atoms with van der Waals surface area (Å²) in [6, 6.07) is 11.5. The van der Waals surface area contributed by atoms with E-state index in [0.717, 1.165) is 10.4 Å². The maximum absolute atomic E-state index is 12.9. The van der Waals surface area contributed by atoms with Gasteiger partial charge in [0.2, 0.25) is 0 Å². The average Bonchev–Trinajstić information content (AvgIpc) is 3.14. The quantitative estimate of drug-likeness (QED) is 0.420. The lowest BCUT2D eigenvalue weighted by Gasteiger charge is -2.13. The van der Waals surface area contributed by atoms with Gasteiger partial charge in [-0.1, -0.05) is 0 Å². The highest BCUT2D eigenvalue weighted by Crippen LogP contribution is 2.34. The van der Waals surface area contributed by atoms with Crippen molar-refractivity contribution in [2.75, 3.05) is 38.6 Å². The Morgan fingerprint density at radius 1 is 0.886 bits per heavy atom. The van der Waals surface area contributed by atoms with Crippen molar-refractivity contribution in [3.8, 4) is 17.2 Å². The molecule has 0 saturated heterocycles. The summed E-state index contributed by atoms with van der Waals surface area (Å²) in [6.07, 6.45) is 0. The molecule has 0 saturated carbocycles. The number of hydrogen-bond donors (Lipinski definition) is 2. The van der Waals surface area contributed by atoms with E-state index in [1.807, 2.05) is 6.92 Å². The highest BCUT2D eigenvalue weighted by atomic mass is 32.1. The fraction of sp³-hybridized carbons (Fsp3) is 0.240. The van der Waals surface area contributed by atoms with E-state index < -0.39 is 11.9 Å². The van der Waals surface area contributed by atoms with E-state index in [0.29, 0.717) is 27.8 Å². The van der Waals surface area contributed by atoms with Crippen LogP contribution in [0.25, 0.3) is 0 Å². The lowest BCUT2D eigenvalue weighted by molar-refractivity contribution is -0.118. The first kappa shape index (κ1) is 25.6. The first-order chi connectivity index (χ1) is 16.8. The van der Waals surface area contributed by atoms with Gasteiger partial charge in [0, 0.05) is 16.1 Å². The molecule has 0 aliphatic heterocycles. The van der Waals surface area contributed by atoms with Gasteiger partial charge in [-0.3, -0.25) is 9.59 Å². The Bertz CT molecular complexity index is 1240. The van der Waals surface area contributed by atoms with Gasteiger partial charge in [0.15, 0.2) is 18.1 Å². The zero-order valence-electron chi connectivity index (χ0n) is 20.0. The number of esters is 1. The summed E-state index contributed by atoms with van der Waals surface area (Å²) in [4.78, 5) is 38.2. The van der Waals surface area contributed by atoms with E-state index in [4.69, 9.17) is 18.9 Å². The van der Waals surface area contributed by atoms with Gasteiger partial charge in [-0.2, -0.15) is 0 Å². The maximum Gasteiger partial charge on any atom is 0.341 e. The van der Waals surface area contributed by atoms with Crippen molar-refractivity contribution in [2.24, 2.45) is 0 Å². The van der Waals surface area contributed by atoms with Crippen LogP contribution in [0.3, 0.4) is 0 Å². The van der Waals surface area contributed by atoms with E-state index in [9.17, 15) is 14.4 Å². The molecule has 35 heavy (non-hydrogen) atoms. The van der Waals surface area contributed by atoms with Crippen molar-refractivity contribution in [1.29, 1.82) is 0 Å². The van der Waals surface area contributed by atoms with Crippen molar-refractivity contribution >= 4 is 39.8 Å². The summed E-state index contributed by atoms with van der Waals surface area (Å²) in [5.41, 5.74) is 1.98. The fourth-order valence-corrected chi connectivity index (χ4v) is 4.22. The molecule has 184 valence electrons. The number of rotatable bonds is 9. The monoisotopic (exact) mass is 498 g/mol. The Labute approximate surface area is 207 Å². The third-order valence-electron chi connectivity index (χ3n) is 5.16. The minimum atomic E-state index is -0.517. The topological polar surface area (TPSA) is 112 Å². The van der Waals surface area contributed by atoms with Gasteiger partial charge in [0.1, 0.15) is 10.8 Å². The van der Waals surface area contributed by atoms with Crippen LogP contribution < -0.4 is 24.8 Å². The predicted molar refractivity (Wildman–Crippen MR) is 133 cm³/mol. The smallest absolute Gasteiger partial charge is 0.341 e. The molecule has 2 aromatic carbocycles. The molecule has 0 bridgehead atoms. The van der Waals surface area contributed by atoms with Crippen molar-refractivity contribution < 1.29 is 33.3 Å². The van der Waals surface area contributed by atoms with Crippen molar-refractivity contribution in [1.82, 2.24) is 0 Å². The van der Waals surface area contributed by atoms with Crippen LogP contribution in [0.1, 0.15) is 31.2 Å². The van der Waals surface area contributed by atoms with Gasteiger partial charge in [-0.25, -0.2) is 4.79 Å². The summed E-state index contributed by atoms with van der Waals surface area (Å²) in [7, 11) is 4.29. The molecule has 3 rings (SSSR count). The highest BCUT2D eigenvalue weighted by molar-refractivity contribution is 7.16. The summed E-state index contributed by atoms with van der Waals surface area (Å²) < 4.78 is 20.9. The Morgan fingerprint density at radius 2 is 1.60 bits per heavy atom. The second-order valence-electron chi connectivity index (χ2n) is 7.36. The van der Waals surface area contributed by atoms with E-state index in [1.165, 1.54) is 31.6 Å². The van der Waals surface area contributed by atoms with Crippen molar-refractivity contribution in [2.45, 2.75) is 13.8 Å². The van der Waals surface area contributed by atoms with Gasteiger partial charge >= 0.3 is 5.97 Å². The molecule has 0 spiro atoms. The number of ether oxygens (including phenoxy) is 4. The molecule has 0 atom stereocenters. The van der Waals surface area contributed by atoms with Crippen LogP contribution in [0, 0.1) is 13.8 Å². The number of carbonyl (C=O) groups is 3. The second-order valence-corrected chi connectivity index (χ2v) is 8.59. The predicted octanol–water partition coefficient (Wildman–Crippen LogP) is 4.44. The number of aryl methyl sites for hydroxylation is 1. The SMILES string of the molecule is COC(=O)c1c(NC(=O)c2ccc(OCC(=O)Nc3ccc(OC)cc3)c(OC)c2)sc(C)c1C. The Hall–Kier alpha value is -4.05. The third kappa shape index (κ3) is 6.10. The molecule has 1 heterocycles. The number of methoxy groups -OCH3 is 3. The number of anilines is 2. The second kappa shape index (κ2) is 11.4. The molecular weight excluding hydrogens is 472 g/mol. The molecule has 0 aliphatic rings. The molecule has 2 amide bonds. The summed E-state index contributed by atoms with van der Waals surface area (Å²) in [5.74, 6) is -0.0553. The molecule has 9 nitrogen and oxygen atoms in total. The van der Waals surface area contributed by atoms with E-state index >= 15 is 0 Å². The molecule has 1 aromatic heterocycles. The van der Waals surface area contributed by atoms with Crippen LogP contribution in [0.2, 0.25) is 0 Å². The lowest BCUT2D eigenvalue weighted by atomic mass is 10.1. The molecule has 0 fully saturated rings. The van der Waals surface area contributed by atoms with Gasteiger partial charge in [-0.05, 0) is 61.9 Å². The van der Waals surface area contributed by atoms with Crippen LogP contribution in [-0.2, 0) is 9.53 Å². The minimum absolute atomic E-state index is 0.260. The first-order valence-corrected chi connectivity index (χ1v) is 11.3. The van der Waals surface area contributed by atoms with E-state index in [2.05, 4.69) is 10.6 Å². The summed E-state index contributed by atoms with van der Waals surface area (Å²) in [6.45, 7) is 3.40. The molecule has 0 unspecified atom stereocenters. The lowest BCUT2D eigenvalue weighted by Crippen LogP contribution is -2.20. The van der Waals surface area contributed by atoms with Gasteiger partial charge in [-0.15, -0.1) is 11.3 Å². The zero-order valence-corrected chi connectivity index (χ0v) is 20.8. The summed E-state index contributed by atoms with van der Waals surface area (Å²) >= 11 is 1.29. The van der Waals surface area contributed by atoms with E-state index in [1.54, 1.807) is 50.4 Å². The molecular formula is C25H26N2O7S. The fourth-order valence-electron chi connectivity index (χ4n) is 3.18. The Morgan fingerprint density at radius 3 is 2.23 bits per heavy atom. The van der Waals surface area contributed by atoms with Gasteiger partial charge in [0.05, 0.1) is 26.9 Å². The highest BCUT2D eigenvalue weighted by Gasteiger charge is 2.22. The largest absolute Gasteiger partial charge is 0.497 e. The normalized spacial score (nSPS) is 10.3. The molecule has 0 radical (unpaired) electrons. The number of thiophene rings is 1. The van der Waals surface area contributed by atoms with Crippen LogP contribution in [0.5, 0.6) is 17.2 Å². The van der Waals surface area contributed by atoms with E-state index in [-0.39, 0.29) is 23.8 Å². The average molecular weight is 499 g/mol. The van der Waals surface area contributed by atoms with Gasteiger partial charge in [0.25, 0.3) is 11.8 Å². The number of amides is 2. The first-order valence-electron chi connectivity index (χ1n) is 10.5. The number of carbonyl (C=O) groups excluding carboxylic acids is 3. The Balaban J connectivity index is 1.68. The summed E-state index contributed by atoms with van der Waals surface area (Å²) in [5, 5.41) is 5.90.